The first-order valence-electron chi connectivity index (χ1n) is 6.58. The molecule has 1 heterocycles. The van der Waals surface area contributed by atoms with Gasteiger partial charge in [0.25, 0.3) is 0 Å². The van der Waals surface area contributed by atoms with Crippen molar-refractivity contribution in [3.05, 3.63) is 0 Å². The zero-order chi connectivity index (χ0) is 13.3. The Morgan fingerprint density at radius 2 is 1.82 bits per heavy atom. The van der Waals surface area contributed by atoms with E-state index in [1.54, 1.807) is 0 Å². The highest BCUT2D eigenvalue weighted by molar-refractivity contribution is 8.13. The number of amidine groups is 1. The summed E-state index contributed by atoms with van der Waals surface area (Å²) in [5.74, 6) is 1.87. The van der Waals surface area contributed by atoms with E-state index in [4.69, 9.17) is 4.99 Å². The molecule has 0 spiro atoms. The first-order chi connectivity index (χ1) is 7.59. The van der Waals surface area contributed by atoms with Gasteiger partial charge < -0.3 is 5.32 Å². The highest BCUT2D eigenvalue weighted by Gasteiger charge is 2.28. The van der Waals surface area contributed by atoms with E-state index in [-0.39, 0.29) is 5.54 Å². The van der Waals surface area contributed by atoms with Crippen LogP contribution in [0.2, 0.25) is 0 Å². The molecule has 1 N–H and O–H groups in total. The summed E-state index contributed by atoms with van der Waals surface area (Å²) < 4.78 is 0. The Morgan fingerprint density at radius 3 is 2.29 bits per heavy atom. The predicted octanol–water partition coefficient (Wildman–Crippen LogP) is 3.92. The van der Waals surface area contributed by atoms with Gasteiger partial charge in [0.15, 0.2) is 5.17 Å². The third kappa shape index (κ3) is 5.33. The maximum Gasteiger partial charge on any atom is 0.157 e. The number of rotatable bonds is 2. The van der Waals surface area contributed by atoms with E-state index in [0.717, 1.165) is 11.6 Å². The molecule has 0 bridgehead atoms. The van der Waals surface area contributed by atoms with Gasteiger partial charge in [-0.05, 0) is 38.5 Å². The van der Waals surface area contributed by atoms with Gasteiger partial charge in [0.1, 0.15) is 0 Å². The first kappa shape index (κ1) is 14.9. The number of nitrogens with one attached hydrogen (secondary N) is 1. The minimum absolute atomic E-state index is 0.115. The summed E-state index contributed by atoms with van der Waals surface area (Å²) in [5.41, 5.74) is 0.458. The van der Waals surface area contributed by atoms with Crippen LogP contribution in [0.4, 0.5) is 0 Å². The van der Waals surface area contributed by atoms with Gasteiger partial charge in [0.2, 0.25) is 0 Å². The number of aliphatic imine (C=N–C) groups is 1. The molecule has 1 rings (SSSR count). The third-order valence-corrected chi connectivity index (χ3v) is 4.22. The topological polar surface area (TPSA) is 24.4 Å². The largest absolute Gasteiger partial charge is 0.360 e. The summed E-state index contributed by atoms with van der Waals surface area (Å²) in [6.45, 7) is 15.9. The van der Waals surface area contributed by atoms with Crippen LogP contribution >= 0.6 is 11.8 Å². The van der Waals surface area contributed by atoms with Crippen LogP contribution < -0.4 is 5.32 Å². The van der Waals surface area contributed by atoms with Crippen LogP contribution in [0.3, 0.4) is 0 Å². The van der Waals surface area contributed by atoms with E-state index in [2.05, 4.69) is 53.8 Å². The molecule has 1 aliphatic rings. The second kappa shape index (κ2) is 5.21. The van der Waals surface area contributed by atoms with Crippen molar-refractivity contribution >= 4 is 16.9 Å². The highest BCUT2D eigenvalue weighted by atomic mass is 32.2. The van der Waals surface area contributed by atoms with Crippen LogP contribution in [0.25, 0.3) is 0 Å². The minimum atomic E-state index is 0.115. The molecule has 0 radical (unpaired) electrons. The fourth-order valence-corrected chi connectivity index (χ4v) is 3.72. The van der Waals surface area contributed by atoms with Crippen molar-refractivity contribution in [1.82, 2.24) is 5.32 Å². The van der Waals surface area contributed by atoms with Gasteiger partial charge in [-0.1, -0.05) is 39.5 Å². The van der Waals surface area contributed by atoms with Gasteiger partial charge in [0, 0.05) is 11.3 Å². The van der Waals surface area contributed by atoms with Crippen molar-refractivity contribution < 1.29 is 0 Å². The first-order valence-corrected chi connectivity index (χ1v) is 7.56. The number of nitrogens with zero attached hydrogens (tertiary/aromatic N) is 1. The monoisotopic (exact) mass is 256 g/mol. The van der Waals surface area contributed by atoms with Crippen molar-refractivity contribution in [3.63, 3.8) is 0 Å². The Labute approximate surface area is 111 Å². The molecule has 0 aliphatic carbocycles. The molecule has 0 aromatic rings. The third-order valence-electron chi connectivity index (χ3n) is 3.04. The summed E-state index contributed by atoms with van der Waals surface area (Å²) in [7, 11) is 0. The van der Waals surface area contributed by atoms with Crippen LogP contribution in [-0.4, -0.2) is 22.5 Å². The maximum absolute atomic E-state index is 4.75. The summed E-state index contributed by atoms with van der Waals surface area (Å²) >= 11 is 1.87. The molecule has 0 amide bonds. The molecule has 1 aliphatic heterocycles. The molecule has 3 heteroatoms. The van der Waals surface area contributed by atoms with Crippen molar-refractivity contribution in [2.45, 2.75) is 66.5 Å². The van der Waals surface area contributed by atoms with Crippen LogP contribution in [-0.2, 0) is 0 Å². The van der Waals surface area contributed by atoms with E-state index in [1.165, 1.54) is 5.75 Å². The maximum atomic E-state index is 4.75. The van der Waals surface area contributed by atoms with Gasteiger partial charge >= 0.3 is 0 Å². The molecule has 17 heavy (non-hydrogen) atoms. The Balaban J connectivity index is 2.62. The number of thioether (sulfide) groups is 1. The highest BCUT2D eigenvalue weighted by Crippen LogP contribution is 2.29. The molecule has 0 fully saturated rings. The summed E-state index contributed by atoms with van der Waals surface area (Å²) in [6.07, 6.45) is 1.14. The molecule has 100 valence electrons. The number of hydrogen-bond acceptors (Lipinski definition) is 3. The lowest BCUT2D eigenvalue weighted by atomic mass is 9.82. The minimum Gasteiger partial charge on any atom is -0.360 e. The van der Waals surface area contributed by atoms with Crippen molar-refractivity contribution in [2.75, 3.05) is 5.75 Å². The van der Waals surface area contributed by atoms with Gasteiger partial charge in [0.05, 0.1) is 6.04 Å². The second-order valence-corrected chi connectivity index (χ2v) is 8.22. The molecule has 0 aromatic heterocycles. The smallest absolute Gasteiger partial charge is 0.157 e. The quantitative estimate of drug-likeness (QED) is 0.810. The summed E-state index contributed by atoms with van der Waals surface area (Å²) in [6, 6.07) is 0.448. The van der Waals surface area contributed by atoms with Crippen molar-refractivity contribution in [3.8, 4) is 0 Å². The van der Waals surface area contributed by atoms with Crippen LogP contribution in [0.5, 0.6) is 0 Å². The van der Waals surface area contributed by atoms with Gasteiger partial charge in [-0.15, -0.1) is 0 Å². The fraction of sp³-hybridized carbons (Fsp3) is 0.929. The zero-order valence-corrected chi connectivity index (χ0v) is 13.2. The Kier molecular flexibility index (Phi) is 4.56. The lowest BCUT2D eigenvalue weighted by Gasteiger charge is -2.36. The van der Waals surface area contributed by atoms with Crippen LogP contribution in [0, 0.1) is 11.3 Å². The lowest BCUT2D eigenvalue weighted by molar-refractivity contribution is 0.267. The van der Waals surface area contributed by atoms with Crippen molar-refractivity contribution in [1.29, 1.82) is 0 Å². The average molecular weight is 256 g/mol. The predicted molar refractivity (Wildman–Crippen MR) is 79.8 cm³/mol. The van der Waals surface area contributed by atoms with E-state index in [9.17, 15) is 0 Å². The standard InChI is InChI=1S/C14H28N2S/c1-10-8-17-12(15-11(10)2)16-14(6,7)9-13(3,4)5/h10-11H,8-9H2,1-7H3,(H,15,16). The fourth-order valence-electron chi connectivity index (χ4n) is 2.43. The molecule has 0 aromatic carbocycles. The summed E-state index contributed by atoms with van der Waals surface area (Å²) in [5, 5.41) is 4.75. The van der Waals surface area contributed by atoms with Crippen LogP contribution in [0.15, 0.2) is 4.99 Å². The SMILES string of the molecule is CC1CSC(NC(C)(C)CC(C)(C)C)=NC1C. The van der Waals surface area contributed by atoms with Crippen LogP contribution in [0.1, 0.15) is 54.9 Å². The average Bonchev–Trinajstić information content (AvgIpc) is 2.06. The Morgan fingerprint density at radius 1 is 1.24 bits per heavy atom. The molecule has 2 atom stereocenters. The molecule has 0 saturated carbocycles. The van der Waals surface area contributed by atoms with Gasteiger partial charge in [-0.3, -0.25) is 4.99 Å². The molecular weight excluding hydrogens is 228 g/mol. The van der Waals surface area contributed by atoms with Gasteiger partial charge in [-0.25, -0.2) is 0 Å². The molecule has 2 nitrogen and oxygen atoms in total. The zero-order valence-electron chi connectivity index (χ0n) is 12.4. The summed E-state index contributed by atoms with van der Waals surface area (Å²) in [4.78, 5) is 4.75. The van der Waals surface area contributed by atoms with E-state index < -0.39 is 0 Å². The molecule has 0 saturated heterocycles. The molecular formula is C14H28N2S. The second-order valence-electron chi connectivity index (χ2n) is 7.21. The molecule has 2 unspecified atom stereocenters. The number of hydrogen-bond donors (Lipinski definition) is 1. The van der Waals surface area contributed by atoms with E-state index >= 15 is 0 Å². The van der Waals surface area contributed by atoms with E-state index in [1.807, 2.05) is 11.8 Å². The van der Waals surface area contributed by atoms with E-state index in [0.29, 0.717) is 17.4 Å². The lowest BCUT2D eigenvalue weighted by Crippen LogP contribution is -2.46. The Bertz CT molecular complexity index is 289. The van der Waals surface area contributed by atoms with Crippen molar-refractivity contribution in [2.24, 2.45) is 16.3 Å². The normalized spacial score (nSPS) is 26.6. The Hall–Kier alpha value is -0.180. The van der Waals surface area contributed by atoms with Gasteiger partial charge in [-0.2, -0.15) is 0 Å².